The van der Waals surface area contributed by atoms with E-state index < -0.39 is 0 Å². The summed E-state index contributed by atoms with van der Waals surface area (Å²) in [5, 5.41) is 7.76. The van der Waals surface area contributed by atoms with Crippen molar-refractivity contribution in [2.45, 2.75) is 0 Å². The normalized spacial score (nSPS) is 10.0. The lowest BCUT2D eigenvalue weighted by Crippen LogP contribution is -2.19. The Morgan fingerprint density at radius 3 is 2.55 bits per heavy atom. The number of hydrogen-bond donors (Lipinski definition) is 2. The molecule has 1 aromatic heterocycles. The van der Waals surface area contributed by atoms with Crippen molar-refractivity contribution in [1.82, 2.24) is 4.98 Å². The molecule has 0 radical (unpaired) electrons. The van der Waals surface area contributed by atoms with E-state index in [1.54, 1.807) is 23.7 Å². The third kappa shape index (κ3) is 3.62. The van der Waals surface area contributed by atoms with Gasteiger partial charge in [0.2, 0.25) is 0 Å². The molecule has 0 saturated carbocycles. The van der Waals surface area contributed by atoms with Gasteiger partial charge in [-0.15, -0.1) is 11.3 Å². The molecule has 2 amide bonds. The van der Waals surface area contributed by atoms with E-state index in [1.807, 2.05) is 42.5 Å². The molecule has 5 nitrogen and oxygen atoms in total. The van der Waals surface area contributed by atoms with Crippen LogP contribution in [0.1, 0.15) is 0 Å². The van der Waals surface area contributed by atoms with Crippen LogP contribution in [0.25, 0.3) is 0 Å². The molecule has 2 aromatic carbocycles. The van der Waals surface area contributed by atoms with Crippen LogP contribution in [0, 0.1) is 0 Å². The van der Waals surface area contributed by atoms with Gasteiger partial charge in [-0.1, -0.05) is 30.3 Å². The quantitative estimate of drug-likeness (QED) is 0.741. The van der Waals surface area contributed by atoms with Gasteiger partial charge in [-0.25, -0.2) is 9.78 Å². The summed E-state index contributed by atoms with van der Waals surface area (Å²) in [4.78, 5) is 16.0. The molecule has 0 saturated heterocycles. The van der Waals surface area contributed by atoms with Gasteiger partial charge in [0.1, 0.15) is 5.75 Å². The second-order valence-electron chi connectivity index (χ2n) is 4.33. The van der Waals surface area contributed by atoms with Gasteiger partial charge < -0.3 is 10.1 Å². The zero-order valence-corrected chi connectivity index (χ0v) is 12.3. The van der Waals surface area contributed by atoms with Gasteiger partial charge >= 0.3 is 6.03 Å². The molecular weight excluding hydrogens is 298 g/mol. The average molecular weight is 311 g/mol. The zero-order valence-electron chi connectivity index (χ0n) is 11.5. The summed E-state index contributed by atoms with van der Waals surface area (Å²) >= 11 is 1.35. The minimum Gasteiger partial charge on any atom is -0.455 e. The highest BCUT2D eigenvalue weighted by Crippen LogP contribution is 2.29. The van der Waals surface area contributed by atoms with Crippen LogP contribution in [-0.2, 0) is 0 Å². The van der Waals surface area contributed by atoms with Gasteiger partial charge in [-0.2, -0.15) is 0 Å². The number of anilines is 2. The number of carbonyl (C=O) groups excluding carboxylic acids is 1. The Bertz CT molecular complexity index is 745. The number of benzene rings is 2. The number of hydrogen-bond acceptors (Lipinski definition) is 4. The van der Waals surface area contributed by atoms with E-state index in [-0.39, 0.29) is 6.03 Å². The first-order chi connectivity index (χ1) is 10.8. The summed E-state index contributed by atoms with van der Waals surface area (Å²) in [6.45, 7) is 0. The molecule has 22 heavy (non-hydrogen) atoms. The number of amides is 2. The molecule has 0 aliphatic heterocycles. The van der Waals surface area contributed by atoms with Crippen molar-refractivity contribution >= 4 is 28.2 Å². The second kappa shape index (κ2) is 6.73. The number of urea groups is 1. The van der Waals surface area contributed by atoms with E-state index in [9.17, 15) is 4.79 Å². The van der Waals surface area contributed by atoms with E-state index in [0.29, 0.717) is 22.3 Å². The zero-order chi connectivity index (χ0) is 15.2. The van der Waals surface area contributed by atoms with Gasteiger partial charge in [0.05, 0.1) is 5.69 Å². The van der Waals surface area contributed by atoms with Crippen molar-refractivity contribution in [3.63, 3.8) is 0 Å². The monoisotopic (exact) mass is 311 g/mol. The van der Waals surface area contributed by atoms with Gasteiger partial charge in [-0.3, -0.25) is 5.32 Å². The van der Waals surface area contributed by atoms with Crippen LogP contribution < -0.4 is 15.4 Å². The molecular formula is C16H13N3O2S. The van der Waals surface area contributed by atoms with Crippen molar-refractivity contribution in [1.29, 1.82) is 0 Å². The Labute approximate surface area is 131 Å². The largest absolute Gasteiger partial charge is 0.455 e. The highest BCUT2D eigenvalue weighted by atomic mass is 32.1. The fourth-order valence-electron chi connectivity index (χ4n) is 1.81. The van der Waals surface area contributed by atoms with Crippen LogP contribution in [0.2, 0.25) is 0 Å². The average Bonchev–Trinajstić information content (AvgIpc) is 3.03. The third-order valence-electron chi connectivity index (χ3n) is 2.76. The Hall–Kier alpha value is -2.86. The van der Waals surface area contributed by atoms with Crippen LogP contribution in [0.4, 0.5) is 15.6 Å². The number of carbonyl (C=O) groups is 1. The maximum absolute atomic E-state index is 12.0. The lowest BCUT2D eigenvalue weighted by Gasteiger charge is -2.12. The van der Waals surface area contributed by atoms with Crippen molar-refractivity contribution < 1.29 is 9.53 Å². The first kappa shape index (κ1) is 14.1. The molecule has 0 bridgehead atoms. The summed E-state index contributed by atoms with van der Waals surface area (Å²) in [5.41, 5.74) is 0.584. The molecule has 0 spiro atoms. The Kier molecular flexibility index (Phi) is 4.31. The Balaban J connectivity index is 1.72. The predicted octanol–water partition coefficient (Wildman–Crippen LogP) is 4.58. The summed E-state index contributed by atoms with van der Waals surface area (Å²) in [5.74, 6) is 1.28. The Morgan fingerprint density at radius 1 is 1.00 bits per heavy atom. The molecule has 2 N–H and O–H groups in total. The lowest BCUT2D eigenvalue weighted by molar-refractivity contribution is 0.262. The van der Waals surface area contributed by atoms with Crippen molar-refractivity contribution in [3.8, 4) is 11.5 Å². The first-order valence-electron chi connectivity index (χ1n) is 6.61. The van der Waals surface area contributed by atoms with Crippen molar-refractivity contribution in [2.75, 3.05) is 10.6 Å². The van der Waals surface area contributed by atoms with E-state index in [1.165, 1.54) is 11.3 Å². The van der Waals surface area contributed by atoms with Gasteiger partial charge in [-0.05, 0) is 24.3 Å². The number of para-hydroxylation sites is 3. The van der Waals surface area contributed by atoms with Crippen LogP contribution >= 0.6 is 11.3 Å². The van der Waals surface area contributed by atoms with E-state index >= 15 is 0 Å². The molecule has 3 aromatic rings. The fraction of sp³-hybridized carbons (Fsp3) is 0. The third-order valence-corrected chi connectivity index (χ3v) is 3.45. The summed E-state index contributed by atoms with van der Waals surface area (Å²) in [6, 6.07) is 16.3. The highest BCUT2D eigenvalue weighted by Gasteiger charge is 2.09. The number of nitrogens with zero attached hydrogens (tertiary/aromatic N) is 1. The van der Waals surface area contributed by atoms with Crippen LogP contribution in [0.15, 0.2) is 66.2 Å². The van der Waals surface area contributed by atoms with Crippen LogP contribution in [-0.4, -0.2) is 11.0 Å². The SMILES string of the molecule is O=C(Nc1nccs1)Nc1ccccc1Oc1ccccc1. The molecule has 0 aliphatic rings. The number of nitrogens with one attached hydrogen (secondary N) is 2. The minimum absolute atomic E-state index is 0.362. The maximum atomic E-state index is 12.0. The maximum Gasteiger partial charge on any atom is 0.325 e. The first-order valence-corrected chi connectivity index (χ1v) is 7.49. The summed E-state index contributed by atoms with van der Waals surface area (Å²) in [7, 11) is 0. The minimum atomic E-state index is -0.362. The van der Waals surface area contributed by atoms with Gasteiger partial charge in [0, 0.05) is 11.6 Å². The van der Waals surface area contributed by atoms with Crippen molar-refractivity contribution in [2.24, 2.45) is 0 Å². The van der Waals surface area contributed by atoms with Crippen LogP contribution in [0.3, 0.4) is 0 Å². The predicted molar refractivity (Wildman–Crippen MR) is 87.7 cm³/mol. The molecule has 3 rings (SSSR count). The second-order valence-corrected chi connectivity index (χ2v) is 5.22. The van der Waals surface area contributed by atoms with Crippen molar-refractivity contribution in [3.05, 3.63) is 66.2 Å². The van der Waals surface area contributed by atoms with Crippen LogP contribution in [0.5, 0.6) is 11.5 Å². The molecule has 0 unspecified atom stereocenters. The molecule has 0 aliphatic carbocycles. The summed E-state index contributed by atoms with van der Waals surface area (Å²) in [6.07, 6.45) is 1.63. The molecule has 6 heteroatoms. The van der Waals surface area contributed by atoms with Gasteiger partial charge in [0.25, 0.3) is 0 Å². The summed E-state index contributed by atoms with van der Waals surface area (Å²) < 4.78 is 5.79. The molecule has 110 valence electrons. The highest BCUT2D eigenvalue weighted by molar-refractivity contribution is 7.13. The number of aromatic nitrogens is 1. The Morgan fingerprint density at radius 2 is 1.77 bits per heavy atom. The van der Waals surface area contributed by atoms with E-state index in [4.69, 9.17) is 4.74 Å². The fourth-order valence-corrected chi connectivity index (χ4v) is 2.33. The van der Waals surface area contributed by atoms with Gasteiger partial charge in [0.15, 0.2) is 10.9 Å². The number of thiazole rings is 1. The lowest BCUT2D eigenvalue weighted by atomic mass is 10.3. The molecule has 1 heterocycles. The van der Waals surface area contributed by atoms with E-state index in [0.717, 1.165) is 0 Å². The number of rotatable bonds is 4. The molecule has 0 fully saturated rings. The van der Waals surface area contributed by atoms with E-state index in [2.05, 4.69) is 15.6 Å². The standard InChI is InChI=1S/C16H13N3O2S/c20-15(19-16-17-10-11-22-16)18-13-8-4-5-9-14(13)21-12-6-2-1-3-7-12/h1-11H,(H2,17,18,19,20). The topological polar surface area (TPSA) is 63.2 Å². The molecule has 0 atom stereocenters. The number of ether oxygens (including phenoxy) is 1. The smallest absolute Gasteiger partial charge is 0.325 e.